The van der Waals surface area contributed by atoms with Crippen molar-refractivity contribution in [1.29, 1.82) is 0 Å². The Kier molecular flexibility index (Phi) is 4.18. The van der Waals surface area contributed by atoms with Crippen LogP contribution >= 0.6 is 0 Å². The molecule has 4 rings (SSSR count). The molecule has 0 bridgehead atoms. The predicted molar refractivity (Wildman–Crippen MR) is 101 cm³/mol. The average molecular weight is 331 g/mol. The van der Waals surface area contributed by atoms with Gasteiger partial charge in [0, 0.05) is 0 Å². The van der Waals surface area contributed by atoms with Crippen molar-refractivity contribution in [2.24, 2.45) is 40.4 Å². The van der Waals surface area contributed by atoms with E-state index in [2.05, 4.69) is 33.8 Å². The summed E-state index contributed by atoms with van der Waals surface area (Å²) in [5, 5.41) is 10.1. The number of hydrogen-bond acceptors (Lipinski definition) is 1. The summed E-state index contributed by atoms with van der Waals surface area (Å²) in [7, 11) is 0. The molecule has 4 aliphatic rings. The van der Waals surface area contributed by atoms with Crippen molar-refractivity contribution in [3.63, 3.8) is 0 Å². The molecule has 0 aromatic rings. The van der Waals surface area contributed by atoms with E-state index in [1.165, 1.54) is 44.9 Å². The van der Waals surface area contributed by atoms with Crippen LogP contribution in [0.1, 0.15) is 85.5 Å². The first-order chi connectivity index (χ1) is 11.4. The minimum atomic E-state index is -0.0732. The second-order valence-electron chi connectivity index (χ2n) is 10.3. The number of fused-ring (bicyclic) bond motifs is 5. The van der Waals surface area contributed by atoms with E-state index in [1.807, 2.05) is 0 Å². The number of aliphatic hydroxyl groups is 1. The lowest BCUT2D eigenvalue weighted by Gasteiger charge is -2.58. The molecule has 0 amide bonds. The molecule has 0 aliphatic heterocycles. The highest BCUT2D eigenvalue weighted by Crippen LogP contribution is 2.67. The summed E-state index contributed by atoms with van der Waals surface area (Å²) in [5.41, 5.74) is 2.62. The molecule has 3 fully saturated rings. The van der Waals surface area contributed by atoms with Gasteiger partial charge < -0.3 is 5.11 Å². The highest BCUT2D eigenvalue weighted by atomic mass is 16.3. The summed E-state index contributed by atoms with van der Waals surface area (Å²) in [6.07, 6.45) is 14.2. The first kappa shape index (κ1) is 17.1. The average Bonchev–Trinajstić information content (AvgIpc) is 2.92. The van der Waals surface area contributed by atoms with Crippen molar-refractivity contribution in [2.45, 2.75) is 91.6 Å². The molecule has 0 saturated heterocycles. The minimum absolute atomic E-state index is 0.0732. The molecule has 24 heavy (non-hydrogen) atoms. The molecule has 1 N–H and O–H groups in total. The van der Waals surface area contributed by atoms with Crippen LogP contribution in [-0.2, 0) is 0 Å². The highest BCUT2D eigenvalue weighted by molar-refractivity contribution is 5.25. The zero-order valence-corrected chi connectivity index (χ0v) is 16.4. The van der Waals surface area contributed by atoms with Crippen molar-refractivity contribution in [3.05, 3.63) is 11.6 Å². The Balaban J connectivity index is 1.63. The maximum Gasteiger partial charge on any atom is 0.0577 e. The summed E-state index contributed by atoms with van der Waals surface area (Å²) < 4.78 is 0. The Hall–Kier alpha value is -0.300. The van der Waals surface area contributed by atoms with Crippen LogP contribution in [0.2, 0.25) is 0 Å². The van der Waals surface area contributed by atoms with E-state index < -0.39 is 0 Å². The van der Waals surface area contributed by atoms with Crippen molar-refractivity contribution in [1.82, 2.24) is 0 Å². The fourth-order valence-electron chi connectivity index (χ4n) is 7.90. The smallest absolute Gasteiger partial charge is 0.0577 e. The number of rotatable bonds is 2. The molecule has 8 atom stereocenters. The van der Waals surface area contributed by atoms with Gasteiger partial charge in [0.1, 0.15) is 0 Å². The van der Waals surface area contributed by atoms with Crippen LogP contribution < -0.4 is 0 Å². The van der Waals surface area contributed by atoms with Gasteiger partial charge in [0.25, 0.3) is 0 Å². The van der Waals surface area contributed by atoms with Crippen molar-refractivity contribution in [2.75, 3.05) is 0 Å². The van der Waals surface area contributed by atoms with Crippen molar-refractivity contribution in [3.8, 4) is 0 Å². The van der Waals surface area contributed by atoms with Gasteiger partial charge in [-0.15, -0.1) is 0 Å². The zero-order valence-electron chi connectivity index (χ0n) is 16.4. The topological polar surface area (TPSA) is 20.2 Å². The van der Waals surface area contributed by atoms with Crippen LogP contribution in [-0.4, -0.2) is 11.2 Å². The largest absolute Gasteiger partial charge is 0.393 e. The summed E-state index contributed by atoms with van der Waals surface area (Å²) in [5.74, 6) is 4.61. The molecule has 0 aromatic heterocycles. The number of aliphatic hydroxyl groups excluding tert-OH is 1. The van der Waals surface area contributed by atoms with Gasteiger partial charge in [-0.25, -0.2) is 0 Å². The zero-order chi connectivity index (χ0) is 17.1. The first-order valence-corrected chi connectivity index (χ1v) is 10.8. The quantitative estimate of drug-likeness (QED) is 0.618. The molecule has 4 aliphatic carbocycles. The van der Waals surface area contributed by atoms with E-state index in [9.17, 15) is 5.11 Å². The Labute approximate surface area is 149 Å². The molecule has 3 saturated carbocycles. The highest BCUT2D eigenvalue weighted by Gasteiger charge is 2.58. The molecule has 136 valence electrons. The van der Waals surface area contributed by atoms with Gasteiger partial charge in [0.05, 0.1) is 6.10 Å². The molecular formula is C23H38O. The van der Waals surface area contributed by atoms with Gasteiger partial charge >= 0.3 is 0 Å². The molecule has 1 nitrogen and oxygen atoms in total. The Morgan fingerprint density at radius 1 is 1.12 bits per heavy atom. The first-order valence-electron chi connectivity index (χ1n) is 10.8. The maximum atomic E-state index is 10.1. The lowest BCUT2D eigenvalue weighted by atomic mass is 9.47. The second kappa shape index (κ2) is 5.86. The third kappa shape index (κ3) is 2.29. The van der Waals surface area contributed by atoms with Gasteiger partial charge in [0.2, 0.25) is 0 Å². The Morgan fingerprint density at radius 3 is 2.67 bits per heavy atom. The maximum absolute atomic E-state index is 10.1. The molecule has 0 aromatic carbocycles. The van der Waals surface area contributed by atoms with Crippen LogP contribution in [0.25, 0.3) is 0 Å². The second-order valence-corrected chi connectivity index (χ2v) is 10.3. The minimum Gasteiger partial charge on any atom is -0.393 e. The van der Waals surface area contributed by atoms with Crippen LogP contribution in [0.3, 0.4) is 0 Å². The van der Waals surface area contributed by atoms with E-state index >= 15 is 0 Å². The predicted octanol–water partition coefficient (Wildman–Crippen LogP) is 5.97. The lowest BCUT2D eigenvalue weighted by Crippen LogP contribution is -2.50. The summed E-state index contributed by atoms with van der Waals surface area (Å²) >= 11 is 0. The lowest BCUT2D eigenvalue weighted by molar-refractivity contribution is -0.0568. The standard InChI is InChI=1S/C23H38O/c1-5-15(2)19-8-9-20-18-7-6-16-14-17(24)10-12-22(16,3)21(18)11-13-23(19,20)4/h6,15,17-21,24H,5,7-14H2,1-4H3/t15?,17-,18-,19+,20-,21-,22-,23+/m0/s1. The van der Waals surface area contributed by atoms with Crippen LogP contribution in [0.15, 0.2) is 11.6 Å². The van der Waals surface area contributed by atoms with Crippen LogP contribution in [0, 0.1) is 40.4 Å². The summed E-state index contributed by atoms with van der Waals surface area (Å²) in [6, 6.07) is 0. The van der Waals surface area contributed by atoms with Gasteiger partial charge in [-0.2, -0.15) is 0 Å². The molecule has 0 spiro atoms. The Bertz CT molecular complexity index is 522. The summed E-state index contributed by atoms with van der Waals surface area (Å²) in [6.45, 7) is 10.1. The van der Waals surface area contributed by atoms with Crippen LogP contribution in [0.4, 0.5) is 0 Å². The Morgan fingerprint density at radius 2 is 1.92 bits per heavy atom. The van der Waals surface area contributed by atoms with E-state index in [1.54, 1.807) is 5.57 Å². The SMILES string of the molecule is CCC(C)[C@H]1CC[C@H]2[C@@H]3CC=C4C[C@@H](O)CC[C@]4(C)[C@H]3CC[C@]12C. The van der Waals surface area contributed by atoms with Crippen molar-refractivity contribution < 1.29 is 5.11 Å². The molecular weight excluding hydrogens is 292 g/mol. The fraction of sp³-hybridized carbons (Fsp3) is 0.913. The monoisotopic (exact) mass is 330 g/mol. The van der Waals surface area contributed by atoms with E-state index in [-0.39, 0.29) is 6.10 Å². The number of hydrogen-bond donors (Lipinski definition) is 1. The van der Waals surface area contributed by atoms with E-state index in [0.29, 0.717) is 10.8 Å². The third-order valence-corrected chi connectivity index (χ3v) is 9.48. The van der Waals surface area contributed by atoms with Gasteiger partial charge in [-0.05, 0) is 91.8 Å². The molecule has 0 radical (unpaired) electrons. The molecule has 1 heteroatoms. The van der Waals surface area contributed by atoms with Gasteiger partial charge in [-0.1, -0.05) is 45.8 Å². The molecule has 1 unspecified atom stereocenters. The van der Waals surface area contributed by atoms with Crippen LogP contribution in [0.5, 0.6) is 0 Å². The van der Waals surface area contributed by atoms with Gasteiger partial charge in [0.15, 0.2) is 0 Å². The van der Waals surface area contributed by atoms with E-state index in [4.69, 9.17) is 0 Å². The number of allylic oxidation sites excluding steroid dienone is 1. The summed E-state index contributed by atoms with van der Waals surface area (Å²) in [4.78, 5) is 0. The fourth-order valence-corrected chi connectivity index (χ4v) is 7.90. The van der Waals surface area contributed by atoms with Crippen molar-refractivity contribution >= 4 is 0 Å². The molecule has 0 heterocycles. The van der Waals surface area contributed by atoms with E-state index in [0.717, 1.165) is 42.4 Å². The van der Waals surface area contributed by atoms with Gasteiger partial charge in [-0.3, -0.25) is 0 Å². The third-order valence-electron chi connectivity index (χ3n) is 9.48. The normalized spacial score (nSPS) is 52.0.